The summed E-state index contributed by atoms with van der Waals surface area (Å²) in [6, 6.07) is 29.7. The highest BCUT2D eigenvalue weighted by atomic mass is 32.3. The third-order valence-corrected chi connectivity index (χ3v) is 10.6. The molecule has 3 rings (SSSR count). The zero-order valence-electron chi connectivity index (χ0n) is 20.6. The summed E-state index contributed by atoms with van der Waals surface area (Å²) in [7, 11) is -13.4. The normalized spacial score (nSPS) is 13.3. The number of methoxy groups -OCH3 is 1. The molecule has 0 spiro atoms. The van der Waals surface area contributed by atoms with E-state index in [1.165, 1.54) is 14.7 Å². The van der Waals surface area contributed by atoms with Crippen molar-refractivity contribution in [3.05, 3.63) is 84.9 Å². The van der Waals surface area contributed by atoms with Gasteiger partial charge < -0.3 is 4.74 Å². The molecule has 0 saturated carbocycles. The Morgan fingerprint density at radius 1 is 0.548 bits per heavy atom. The maximum atomic E-state index is 12.4. The van der Waals surface area contributed by atoms with Crippen molar-refractivity contribution in [2.75, 3.05) is 7.11 Å². The summed E-state index contributed by atoms with van der Waals surface area (Å²) < 4.78 is 165. The third kappa shape index (κ3) is 7.67. The minimum absolute atomic E-state index is 0.0804. The van der Waals surface area contributed by atoms with E-state index in [4.69, 9.17) is 4.74 Å². The van der Waals surface area contributed by atoms with E-state index in [1.54, 1.807) is 7.11 Å². The molecule has 0 aliphatic carbocycles. The van der Waals surface area contributed by atoms with Crippen LogP contribution in [0.25, 0.3) is 0 Å². The number of rotatable bonds is 8. The van der Waals surface area contributed by atoms with E-state index in [1.807, 2.05) is 12.1 Å². The Balaban J connectivity index is 0.000000293. The molecule has 0 radical (unpaired) electrons. The van der Waals surface area contributed by atoms with Crippen LogP contribution in [0.15, 0.2) is 99.6 Å². The first kappa shape index (κ1) is 35.2. The summed E-state index contributed by atoms with van der Waals surface area (Å²) in [5.74, 6) is 0.892. The Labute approximate surface area is 235 Å². The number of benzene rings is 3. The molecule has 0 fully saturated rings. The second-order valence-corrected chi connectivity index (χ2v) is 13.5. The Morgan fingerprint density at radius 3 is 1.14 bits per heavy atom. The van der Waals surface area contributed by atoms with Gasteiger partial charge in [0.05, 0.1) is 18.0 Å². The molecule has 0 amide bonds. The largest absolute Gasteiger partial charge is 0.497 e. The molecule has 0 bridgehead atoms. The van der Waals surface area contributed by atoms with Gasteiger partial charge in [-0.15, -0.1) is 0 Å². The Hall–Kier alpha value is -3.03. The van der Waals surface area contributed by atoms with Gasteiger partial charge in [-0.25, -0.2) is 16.8 Å². The molecule has 232 valence electrons. The minimum Gasteiger partial charge on any atom is -0.497 e. The van der Waals surface area contributed by atoms with Gasteiger partial charge in [-0.05, 0) is 48.5 Å². The van der Waals surface area contributed by atoms with Gasteiger partial charge in [-0.2, -0.15) is 43.9 Å². The van der Waals surface area contributed by atoms with Gasteiger partial charge in [0.2, 0.25) is 0 Å². The monoisotopic (exact) mass is 674 g/mol. The molecule has 0 aromatic heterocycles. The first-order chi connectivity index (χ1) is 19.1. The lowest BCUT2D eigenvalue weighted by molar-refractivity contribution is -0.242. The first-order valence-corrected chi connectivity index (χ1v) is 14.9. The van der Waals surface area contributed by atoms with Gasteiger partial charge in [-0.3, -0.25) is 0 Å². The van der Waals surface area contributed by atoms with E-state index < -0.39 is 47.0 Å². The average molecular weight is 675 g/mol. The zero-order chi connectivity index (χ0) is 32.2. The molecule has 1 N–H and O–H groups in total. The third-order valence-electron chi connectivity index (χ3n) is 4.81. The smallest absolute Gasteiger partial charge is 0.471 e. The molecule has 0 unspecified atom stereocenters. The summed E-state index contributed by atoms with van der Waals surface area (Å²) in [6.45, 7) is 0. The topological polar surface area (TPSA) is 89.5 Å². The van der Waals surface area contributed by atoms with Gasteiger partial charge in [0, 0.05) is 0 Å². The fraction of sp³-hybridized carbons (Fsp3) is 0.217. The number of ether oxygens (including phenoxy) is 1. The Kier molecular flexibility index (Phi) is 10.6. The summed E-state index contributed by atoms with van der Waals surface area (Å²) in [4.78, 5) is 3.95. The quantitative estimate of drug-likeness (QED) is 0.223. The molecule has 0 heterocycles. The molecular weight excluding hydrogens is 656 g/mol. The van der Waals surface area contributed by atoms with E-state index >= 15 is 0 Å². The van der Waals surface area contributed by atoms with Crippen LogP contribution in [0.1, 0.15) is 0 Å². The van der Waals surface area contributed by atoms with E-state index in [0.717, 1.165) is 5.75 Å². The number of halogens is 10. The zero-order valence-corrected chi connectivity index (χ0v) is 23.1. The van der Waals surface area contributed by atoms with Crippen LogP contribution in [0.2, 0.25) is 0 Å². The lowest BCUT2D eigenvalue weighted by Crippen LogP contribution is -2.57. The Morgan fingerprint density at radius 2 is 0.857 bits per heavy atom. The molecule has 0 saturated heterocycles. The summed E-state index contributed by atoms with van der Waals surface area (Å²) in [6.07, 6.45) is -13.9. The highest BCUT2D eigenvalue weighted by Gasteiger charge is 2.73. The van der Waals surface area contributed by atoms with Crippen LogP contribution < -0.4 is 8.86 Å². The van der Waals surface area contributed by atoms with Gasteiger partial charge >= 0.3 is 22.9 Å². The van der Waals surface area contributed by atoms with E-state index in [-0.39, 0.29) is 10.9 Å². The van der Waals surface area contributed by atoms with Crippen LogP contribution in [0.3, 0.4) is 0 Å². The molecule has 6 nitrogen and oxygen atoms in total. The summed E-state index contributed by atoms with van der Waals surface area (Å²) >= 11 is 0. The van der Waals surface area contributed by atoms with Crippen LogP contribution in [0.4, 0.5) is 43.9 Å². The van der Waals surface area contributed by atoms with Crippen molar-refractivity contribution < 1.29 is 65.5 Å². The molecule has 0 atom stereocenters. The molecule has 42 heavy (non-hydrogen) atoms. The van der Waals surface area contributed by atoms with Crippen molar-refractivity contribution in [1.82, 2.24) is 4.13 Å². The number of hydrogen-bond donors (Lipinski definition) is 1. The molecular formula is C23H18F10NO5S3+. The number of nitrogens with one attached hydrogen (secondary N) is 1. The lowest BCUT2D eigenvalue weighted by atomic mass is 10.3. The van der Waals surface area contributed by atoms with E-state index in [0.29, 0.717) is 0 Å². The number of alkyl halides is 10. The van der Waals surface area contributed by atoms with Gasteiger partial charge in [0.25, 0.3) is 20.0 Å². The summed E-state index contributed by atoms with van der Waals surface area (Å²) in [5.41, 5.74) is 0. The van der Waals surface area contributed by atoms with Crippen molar-refractivity contribution in [3.8, 4) is 5.75 Å². The molecule has 3 aromatic carbocycles. The average Bonchev–Trinajstić information content (AvgIpc) is 2.89. The van der Waals surface area contributed by atoms with Crippen molar-refractivity contribution in [3.63, 3.8) is 0 Å². The van der Waals surface area contributed by atoms with Crippen LogP contribution in [-0.2, 0) is 30.9 Å². The molecule has 19 heteroatoms. The molecule has 0 aliphatic heterocycles. The highest BCUT2D eigenvalue weighted by Crippen LogP contribution is 2.43. The molecule has 3 aromatic rings. The fourth-order valence-electron chi connectivity index (χ4n) is 2.79. The summed E-state index contributed by atoms with van der Waals surface area (Å²) in [5, 5.41) is -13.9. The molecule has 0 aliphatic rings. The van der Waals surface area contributed by atoms with Crippen LogP contribution in [0.5, 0.6) is 5.75 Å². The highest BCUT2D eigenvalue weighted by molar-refractivity contribution is 8.05. The van der Waals surface area contributed by atoms with Gasteiger partial charge in [0.1, 0.15) is 5.75 Å². The predicted molar refractivity (Wildman–Crippen MR) is 131 cm³/mol. The fourth-order valence-corrected chi connectivity index (χ4v) is 7.47. The minimum atomic E-state index is -7.49. The van der Waals surface area contributed by atoms with Crippen molar-refractivity contribution in [2.24, 2.45) is 0 Å². The van der Waals surface area contributed by atoms with Crippen LogP contribution in [-0.4, -0.2) is 46.8 Å². The van der Waals surface area contributed by atoms with E-state index in [9.17, 15) is 60.7 Å². The lowest BCUT2D eigenvalue weighted by Gasteiger charge is -2.23. The maximum Gasteiger partial charge on any atom is 0.471 e. The SMILES string of the molecule is COc1ccc([S+](c2ccccc2)c2ccccc2)cc1.O=S(=O)(NS(=O)(=O)C(F)(F)C(F)(F)F)C(F)(F)C(F)(F)F. The van der Waals surface area contributed by atoms with Gasteiger partial charge in [-0.1, -0.05) is 40.5 Å². The van der Waals surface area contributed by atoms with E-state index in [2.05, 4.69) is 72.8 Å². The van der Waals surface area contributed by atoms with Crippen LogP contribution in [0, 0.1) is 0 Å². The number of sulfonamides is 2. The Bertz CT molecular complexity index is 1440. The van der Waals surface area contributed by atoms with Gasteiger partial charge in [0.15, 0.2) is 14.7 Å². The van der Waals surface area contributed by atoms with Crippen molar-refractivity contribution in [1.29, 1.82) is 0 Å². The van der Waals surface area contributed by atoms with Crippen molar-refractivity contribution in [2.45, 2.75) is 37.5 Å². The maximum absolute atomic E-state index is 12.4. The van der Waals surface area contributed by atoms with Crippen LogP contribution >= 0.6 is 0 Å². The first-order valence-electron chi connectivity index (χ1n) is 10.7. The second kappa shape index (κ2) is 12.7. The second-order valence-electron chi connectivity index (χ2n) is 7.73. The van der Waals surface area contributed by atoms with Crippen molar-refractivity contribution >= 4 is 30.9 Å². The number of hydrogen-bond acceptors (Lipinski definition) is 5. The standard InChI is InChI=1S/C19H17OS.C4HF10NO4S2/c1-20-16-12-14-19(15-13-16)21(17-8-4-2-5-9-17)18-10-6-3-7-11-18;5-1(6,7)3(11,12)20(16,17)15-21(18,19)4(13,14)2(8,9)10/h2-15H,1H3;15H/q+1;. The predicted octanol–water partition coefficient (Wildman–Crippen LogP) is 6.34.